The fraction of sp³-hybridized carbons (Fsp3) is 0.538. The van der Waals surface area contributed by atoms with E-state index in [4.69, 9.17) is 4.74 Å². The van der Waals surface area contributed by atoms with Crippen molar-refractivity contribution in [2.24, 2.45) is 0 Å². The molecule has 88 valence electrons. The minimum absolute atomic E-state index is 0.701. The van der Waals surface area contributed by atoms with Crippen LogP contribution in [0.1, 0.15) is 17.5 Å². The minimum atomic E-state index is 0.701. The summed E-state index contributed by atoms with van der Waals surface area (Å²) >= 11 is 2.04. The molecule has 1 aromatic carbocycles. The van der Waals surface area contributed by atoms with Crippen LogP contribution >= 0.6 is 11.8 Å². The molecule has 0 spiro atoms. The van der Waals surface area contributed by atoms with Crippen molar-refractivity contribution < 1.29 is 4.74 Å². The molecule has 1 atom stereocenters. The zero-order chi connectivity index (χ0) is 11.4. The van der Waals surface area contributed by atoms with Gasteiger partial charge in [-0.05, 0) is 36.3 Å². The van der Waals surface area contributed by atoms with Gasteiger partial charge >= 0.3 is 0 Å². The molecule has 1 N–H and O–H groups in total. The lowest BCUT2D eigenvalue weighted by molar-refractivity contribution is 0.411. The largest absolute Gasteiger partial charge is 0.496 e. The second-order valence-electron chi connectivity index (χ2n) is 4.25. The molecular weight excluding hydrogens is 218 g/mol. The predicted octanol–water partition coefficient (Wildman–Crippen LogP) is 2.60. The van der Waals surface area contributed by atoms with E-state index in [1.165, 1.54) is 29.1 Å². The molecule has 3 heteroatoms. The summed E-state index contributed by atoms with van der Waals surface area (Å²) in [5, 5.41) is 3.60. The van der Waals surface area contributed by atoms with E-state index < -0.39 is 0 Å². The van der Waals surface area contributed by atoms with Gasteiger partial charge < -0.3 is 10.1 Å². The Kier molecular flexibility index (Phi) is 4.13. The molecule has 1 unspecified atom stereocenters. The number of methoxy groups -OCH3 is 1. The Morgan fingerprint density at radius 2 is 2.38 bits per heavy atom. The molecule has 1 fully saturated rings. The van der Waals surface area contributed by atoms with E-state index in [9.17, 15) is 0 Å². The summed E-state index contributed by atoms with van der Waals surface area (Å²) in [6, 6.07) is 7.09. The number of nitrogens with one attached hydrogen (secondary N) is 1. The van der Waals surface area contributed by atoms with E-state index in [-0.39, 0.29) is 0 Å². The topological polar surface area (TPSA) is 21.3 Å². The molecule has 1 saturated heterocycles. The van der Waals surface area contributed by atoms with Gasteiger partial charge in [-0.25, -0.2) is 0 Å². The molecule has 0 bridgehead atoms. The highest BCUT2D eigenvalue weighted by molar-refractivity contribution is 7.99. The second-order valence-corrected chi connectivity index (χ2v) is 5.40. The standard InChI is InChI=1S/C13H19NOS/c1-10-7-11(3-4-13(10)15-2)8-14-12-5-6-16-9-12/h3-4,7,12,14H,5-6,8-9H2,1-2H3. The van der Waals surface area contributed by atoms with Gasteiger partial charge in [-0.3, -0.25) is 0 Å². The lowest BCUT2D eigenvalue weighted by atomic mass is 10.1. The van der Waals surface area contributed by atoms with Gasteiger partial charge in [0.15, 0.2) is 0 Å². The first kappa shape index (κ1) is 11.8. The highest BCUT2D eigenvalue weighted by atomic mass is 32.2. The van der Waals surface area contributed by atoms with Crippen LogP contribution in [0.15, 0.2) is 18.2 Å². The van der Waals surface area contributed by atoms with Crippen molar-refractivity contribution in [3.05, 3.63) is 29.3 Å². The van der Waals surface area contributed by atoms with Crippen LogP contribution in [0.25, 0.3) is 0 Å². The zero-order valence-corrected chi connectivity index (χ0v) is 10.8. The SMILES string of the molecule is COc1ccc(CNC2CCSC2)cc1C. The van der Waals surface area contributed by atoms with Crippen molar-refractivity contribution in [1.82, 2.24) is 5.32 Å². The summed E-state index contributed by atoms with van der Waals surface area (Å²) in [7, 11) is 1.72. The van der Waals surface area contributed by atoms with E-state index in [2.05, 4.69) is 30.4 Å². The van der Waals surface area contributed by atoms with Crippen molar-refractivity contribution in [2.75, 3.05) is 18.6 Å². The zero-order valence-electron chi connectivity index (χ0n) is 9.95. The molecule has 1 heterocycles. The average molecular weight is 237 g/mol. The average Bonchev–Trinajstić information content (AvgIpc) is 2.79. The molecule has 0 aliphatic carbocycles. The molecule has 0 aromatic heterocycles. The predicted molar refractivity (Wildman–Crippen MR) is 70.3 cm³/mol. The molecule has 1 aliphatic rings. The monoisotopic (exact) mass is 237 g/mol. The molecule has 2 nitrogen and oxygen atoms in total. The fourth-order valence-corrected chi connectivity index (χ4v) is 3.20. The second kappa shape index (κ2) is 5.60. The first-order valence-electron chi connectivity index (χ1n) is 5.74. The van der Waals surface area contributed by atoms with Crippen LogP contribution in [0.5, 0.6) is 5.75 Å². The highest BCUT2D eigenvalue weighted by Gasteiger charge is 2.14. The molecular formula is C13H19NOS. The lowest BCUT2D eigenvalue weighted by Crippen LogP contribution is -2.27. The highest BCUT2D eigenvalue weighted by Crippen LogP contribution is 2.20. The third kappa shape index (κ3) is 2.92. The normalized spacial score (nSPS) is 20.0. The fourth-order valence-electron chi connectivity index (χ4n) is 2.01. The van der Waals surface area contributed by atoms with Gasteiger partial charge in [0.05, 0.1) is 7.11 Å². The van der Waals surface area contributed by atoms with Gasteiger partial charge in [0.1, 0.15) is 5.75 Å². The third-order valence-corrected chi connectivity index (χ3v) is 4.15. The van der Waals surface area contributed by atoms with Gasteiger partial charge in [0.2, 0.25) is 0 Å². The van der Waals surface area contributed by atoms with Crippen molar-refractivity contribution in [2.45, 2.75) is 25.9 Å². The van der Waals surface area contributed by atoms with Crippen molar-refractivity contribution in [3.8, 4) is 5.75 Å². The Balaban J connectivity index is 1.91. The summed E-state index contributed by atoms with van der Waals surface area (Å²) in [6.07, 6.45) is 1.31. The molecule has 0 radical (unpaired) electrons. The molecule has 1 aromatic rings. The maximum absolute atomic E-state index is 5.25. The van der Waals surface area contributed by atoms with Crippen LogP contribution in [0, 0.1) is 6.92 Å². The number of rotatable bonds is 4. The Morgan fingerprint density at radius 1 is 1.50 bits per heavy atom. The summed E-state index contributed by atoms with van der Waals surface area (Å²) in [5.74, 6) is 3.54. The number of thioether (sulfide) groups is 1. The van der Waals surface area contributed by atoms with Gasteiger partial charge in [-0.2, -0.15) is 11.8 Å². The van der Waals surface area contributed by atoms with E-state index in [1.54, 1.807) is 7.11 Å². The number of hydrogen-bond acceptors (Lipinski definition) is 3. The first-order valence-corrected chi connectivity index (χ1v) is 6.89. The van der Waals surface area contributed by atoms with E-state index in [0.717, 1.165) is 12.3 Å². The van der Waals surface area contributed by atoms with Crippen LogP contribution in [0.3, 0.4) is 0 Å². The summed E-state index contributed by atoms with van der Waals surface area (Å²) in [5.41, 5.74) is 2.55. The molecule has 0 amide bonds. The first-order chi connectivity index (χ1) is 7.79. The lowest BCUT2D eigenvalue weighted by Gasteiger charge is -2.12. The van der Waals surface area contributed by atoms with Crippen LogP contribution in [-0.4, -0.2) is 24.7 Å². The third-order valence-electron chi connectivity index (χ3n) is 2.98. The van der Waals surface area contributed by atoms with Gasteiger partial charge in [-0.15, -0.1) is 0 Å². The minimum Gasteiger partial charge on any atom is -0.496 e. The van der Waals surface area contributed by atoms with Gasteiger partial charge in [0.25, 0.3) is 0 Å². The van der Waals surface area contributed by atoms with E-state index in [0.29, 0.717) is 6.04 Å². The van der Waals surface area contributed by atoms with Crippen molar-refractivity contribution >= 4 is 11.8 Å². The quantitative estimate of drug-likeness (QED) is 0.869. The molecule has 2 rings (SSSR count). The smallest absolute Gasteiger partial charge is 0.121 e. The van der Waals surface area contributed by atoms with Crippen LogP contribution in [0.4, 0.5) is 0 Å². The maximum atomic E-state index is 5.25. The summed E-state index contributed by atoms with van der Waals surface area (Å²) in [6.45, 7) is 3.06. The van der Waals surface area contributed by atoms with Crippen molar-refractivity contribution in [3.63, 3.8) is 0 Å². The number of benzene rings is 1. The number of ether oxygens (including phenoxy) is 1. The van der Waals surface area contributed by atoms with E-state index in [1.807, 2.05) is 11.8 Å². The Labute approximate surface area is 102 Å². The summed E-state index contributed by atoms with van der Waals surface area (Å²) < 4.78 is 5.25. The molecule has 16 heavy (non-hydrogen) atoms. The molecule has 1 aliphatic heterocycles. The van der Waals surface area contributed by atoms with Crippen molar-refractivity contribution in [1.29, 1.82) is 0 Å². The van der Waals surface area contributed by atoms with E-state index >= 15 is 0 Å². The molecule has 0 saturated carbocycles. The van der Waals surface area contributed by atoms with Gasteiger partial charge in [0, 0.05) is 18.3 Å². The van der Waals surface area contributed by atoms with Crippen LogP contribution in [-0.2, 0) is 6.54 Å². The Morgan fingerprint density at radius 3 is 3.00 bits per heavy atom. The number of hydrogen-bond donors (Lipinski definition) is 1. The van der Waals surface area contributed by atoms with Gasteiger partial charge in [-0.1, -0.05) is 12.1 Å². The summed E-state index contributed by atoms with van der Waals surface area (Å²) in [4.78, 5) is 0. The Hall–Kier alpha value is -0.670. The van der Waals surface area contributed by atoms with Crippen LogP contribution in [0.2, 0.25) is 0 Å². The Bertz CT molecular complexity index is 348. The van der Waals surface area contributed by atoms with Crippen LogP contribution < -0.4 is 10.1 Å². The maximum Gasteiger partial charge on any atom is 0.121 e. The number of aryl methyl sites for hydroxylation is 1.